The van der Waals surface area contributed by atoms with Crippen molar-refractivity contribution in [2.24, 2.45) is 5.73 Å². The van der Waals surface area contributed by atoms with Gasteiger partial charge in [0.2, 0.25) is 5.13 Å². The molecule has 66 valence electrons. The Balaban J connectivity index is 1.93. The van der Waals surface area contributed by atoms with Crippen molar-refractivity contribution >= 4 is 16.7 Å². The summed E-state index contributed by atoms with van der Waals surface area (Å²) in [6.45, 7) is 1.41. The van der Waals surface area contributed by atoms with Crippen LogP contribution in [0.25, 0.3) is 0 Å². The topological polar surface area (TPSA) is 63.8 Å². The Labute approximate surface area is 75.4 Å². The van der Waals surface area contributed by atoms with Crippen LogP contribution in [0.5, 0.6) is 0 Å². The molecule has 1 fully saturated rings. The molecule has 1 aliphatic rings. The molecule has 0 aromatic carbocycles. The molecular formula is C7H12N4S. The first kappa shape index (κ1) is 7.94. The Morgan fingerprint density at radius 2 is 2.42 bits per heavy atom. The second-order valence-electron chi connectivity index (χ2n) is 2.95. The molecular weight excluding hydrogens is 172 g/mol. The first-order valence-electron chi connectivity index (χ1n) is 4.17. The maximum Gasteiger partial charge on any atom is 0.202 e. The third kappa shape index (κ3) is 1.73. The third-order valence-electron chi connectivity index (χ3n) is 1.80. The summed E-state index contributed by atoms with van der Waals surface area (Å²) in [6.07, 6.45) is 2.51. The highest BCUT2D eigenvalue weighted by molar-refractivity contribution is 7.09. The Morgan fingerprint density at radius 1 is 1.58 bits per heavy atom. The van der Waals surface area contributed by atoms with Gasteiger partial charge in [-0.2, -0.15) is 4.37 Å². The minimum absolute atomic E-state index is 0.637. The van der Waals surface area contributed by atoms with Crippen LogP contribution in [0.4, 0.5) is 5.13 Å². The lowest BCUT2D eigenvalue weighted by atomic mass is 10.4. The normalized spacial score (nSPS) is 16.4. The van der Waals surface area contributed by atoms with Gasteiger partial charge in [0.1, 0.15) is 5.82 Å². The van der Waals surface area contributed by atoms with E-state index in [4.69, 9.17) is 5.73 Å². The average molecular weight is 184 g/mol. The molecule has 0 radical (unpaired) electrons. The van der Waals surface area contributed by atoms with E-state index in [1.807, 2.05) is 0 Å². The molecule has 0 atom stereocenters. The third-order valence-corrected chi connectivity index (χ3v) is 2.49. The van der Waals surface area contributed by atoms with Gasteiger partial charge in [-0.3, -0.25) is 0 Å². The number of nitrogens with zero attached hydrogens (tertiary/aromatic N) is 2. The molecule has 5 heteroatoms. The first-order chi connectivity index (χ1) is 5.90. The number of anilines is 1. The maximum atomic E-state index is 5.35. The summed E-state index contributed by atoms with van der Waals surface area (Å²) in [6, 6.07) is 0. The van der Waals surface area contributed by atoms with E-state index in [0.717, 1.165) is 17.5 Å². The standard InChI is InChI=1S/C7H12N4S/c8-3-4-9-7-10-6(11-12-7)5-1-2-5/h5H,1-4,8H2,(H,9,10,11). The number of hydrogen-bond donors (Lipinski definition) is 2. The SMILES string of the molecule is NCCNc1nc(C2CC2)ns1. The molecule has 0 aliphatic heterocycles. The highest BCUT2D eigenvalue weighted by Gasteiger charge is 2.27. The molecule has 0 spiro atoms. The predicted octanol–water partition coefficient (Wildman–Crippen LogP) is 0.786. The van der Waals surface area contributed by atoms with Crippen molar-refractivity contribution in [3.05, 3.63) is 5.82 Å². The largest absolute Gasteiger partial charge is 0.359 e. The van der Waals surface area contributed by atoms with Gasteiger partial charge >= 0.3 is 0 Å². The molecule has 3 N–H and O–H groups in total. The molecule has 0 unspecified atom stereocenters. The van der Waals surface area contributed by atoms with Crippen LogP contribution in [0.3, 0.4) is 0 Å². The highest BCUT2D eigenvalue weighted by atomic mass is 32.1. The summed E-state index contributed by atoms with van der Waals surface area (Å²) in [4.78, 5) is 4.35. The lowest BCUT2D eigenvalue weighted by Gasteiger charge is -1.95. The minimum atomic E-state index is 0.637. The molecule has 0 saturated heterocycles. The molecule has 1 aromatic rings. The monoisotopic (exact) mass is 184 g/mol. The molecule has 12 heavy (non-hydrogen) atoms. The Hall–Kier alpha value is -0.680. The zero-order valence-corrected chi connectivity index (χ0v) is 7.60. The Morgan fingerprint density at radius 3 is 3.08 bits per heavy atom. The van der Waals surface area contributed by atoms with E-state index >= 15 is 0 Å². The van der Waals surface area contributed by atoms with Gasteiger partial charge < -0.3 is 11.1 Å². The van der Waals surface area contributed by atoms with Gasteiger partial charge in [0.05, 0.1) is 0 Å². The molecule has 1 aromatic heterocycles. The first-order valence-corrected chi connectivity index (χ1v) is 4.95. The molecule has 2 rings (SSSR count). The molecule has 1 saturated carbocycles. The number of hydrogen-bond acceptors (Lipinski definition) is 5. The number of nitrogens with one attached hydrogen (secondary N) is 1. The summed E-state index contributed by atoms with van der Waals surface area (Å²) >= 11 is 1.43. The summed E-state index contributed by atoms with van der Waals surface area (Å²) < 4.78 is 4.26. The lowest BCUT2D eigenvalue weighted by molar-refractivity contribution is 0.971. The quantitative estimate of drug-likeness (QED) is 0.726. The average Bonchev–Trinajstić information content (AvgIpc) is 2.83. The van der Waals surface area contributed by atoms with Crippen molar-refractivity contribution in [3.8, 4) is 0 Å². The van der Waals surface area contributed by atoms with Crippen molar-refractivity contribution in [1.29, 1.82) is 0 Å². The van der Waals surface area contributed by atoms with E-state index < -0.39 is 0 Å². The van der Waals surface area contributed by atoms with Crippen LogP contribution < -0.4 is 11.1 Å². The fourth-order valence-electron chi connectivity index (χ4n) is 0.993. The summed E-state index contributed by atoms with van der Waals surface area (Å²) in [5, 5.41) is 4.02. The second kappa shape index (κ2) is 3.37. The fraction of sp³-hybridized carbons (Fsp3) is 0.714. The van der Waals surface area contributed by atoms with Crippen molar-refractivity contribution in [2.45, 2.75) is 18.8 Å². The summed E-state index contributed by atoms with van der Waals surface area (Å²) in [7, 11) is 0. The second-order valence-corrected chi connectivity index (χ2v) is 3.70. The number of aromatic nitrogens is 2. The van der Waals surface area contributed by atoms with Crippen LogP contribution in [-0.4, -0.2) is 22.4 Å². The van der Waals surface area contributed by atoms with Crippen LogP contribution in [0, 0.1) is 0 Å². The Bertz CT molecular complexity index is 256. The van der Waals surface area contributed by atoms with Gasteiger partial charge in [-0.1, -0.05) is 0 Å². The zero-order chi connectivity index (χ0) is 8.39. The molecule has 0 amide bonds. The lowest BCUT2D eigenvalue weighted by Crippen LogP contribution is -2.12. The number of rotatable bonds is 4. The summed E-state index contributed by atoms with van der Waals surface area (Å²) in [5.74, 6) is 1.66. The highest BCUT2D eigenvalue weighted by Crippen LogP contribution is 2.39. The van der Waals surface area contributed by atoms with Crippen molar-refractivity contribution in [1.82, 2.24) is 9.36 Å². The zero-order valence-electron chi connectivity index (χ0n) is 6.79. The van der Waals surface area contributed by atoms with Gasteiger partial charge in [0.25, 0.3) is 0 Å². The van der Waals surface area contributed by atoms with E-state index in [2.05, 4.69) is 14.7 Å². The van der Waals surface area contributed by atoms with Gasteiger partial charge in [-0.25, -0.2) is 4.98 Å². The van der Waals surface area contributed by atoms with E-state index in [-0.39, 0.29) is 0 Å². The van der Waals surface area contributed by atoms with E-state index in [1.54, 1.807) is 0 Å². The van der Waals surface area contributed by atoms with E-state index in [9.17, 15) is 0 Å². The smallest absolute Gasteiger partial charge is 0.202 e. The van der Waals surface area contributed by atoms with Crippen molar-refractivity contribution < 1.29 is 0 Å². The van der Waals surface area contributed by atoms with Crippen molar-refractivity contribution in [3.63, 3.8) is 0 Å². The fourth-order valence-corrected chi connectivity index (χ4v) is 1.66. The molecule has 1 heterocycles. The molecule has 1 aliphatic carbocycles. The predicted molar refractivity (Wildman–Crippen MR) is 49.4 cm³/mol. The van der Waals surface area contributed by atoms with Crippen LogP contribution in [0.15, 0.2) is 0 Å². The van der Waals surface area contributed by atoms with Gasteiger partial charge in [0, 0.05) is 30.5 Å². The summed E-state index contributed by atoms with van der Waals surface area (Å²) in [5.41, 5.74) is 5.35. The van der Waals surface area contributed by atoms with E-state index in [1.165, 1.54) is 24.4 Å². The van der Waals surface area contributed by atoms with Crippen LogP contribution in [-0.2, 0) is 0 Å². The molecule has 0 bridgehead atoms. The van der Waals surface area contributed by atoms with Gasteiger partial charge in [-0.15, -0.1) is 0 Å². The molecule has 4 nitrogen and oxygen atoms in total. The maximum absolute atomic E-state index is 5.35. The van der Waals surface area contributed by atoms with Gasteiger partial charge in [-0.05, 0) is 12.8 Å². The van der Waals surface area contributed by atoms with Crippen molar-refractivity contribution in [2.75, 3.05) is 18.4 Å². The van der Waals surface area contributed by atoms with E-state index in [0.29, 0.717) is 12.5 Å². The number of nitrogens with two attached hydrogens (primary N) is 1. The Kier molecular flexibility index (Phi) is 2.23. The minimum Gasteiger partial charge on any atom is -0.359 e. The van der Waals surface area contributed by atoms with Crippen LogP contribution >= 0.6 is 11.5 Å². The van der Waals surface area contributed by atoms with Gasteiger partial charge in [0.15, 0.2) is 0 Å². The van der Waals surface area contributed by atoms with Crippen LogP contribution in [0.1, 0.15) is 24.6 Å². The van der Waals surface area contributed by atoms with Crippen LogP contribution in [0.2, 0.25) is 0 Å².